The van der Waals surface area contributed by atoms with E-state index < -0.39 is 6.04 Å². The first-order chi connectivity index (χ1) is 13.5. The predicted molar refractivity (Wildman–Crippen MR) is 109 cm³/mol. The number of amides is 2. The maximum atomic E-state index is 13.2. The molecule has 1 heterocycles. The maximum Gasteiger partial charge on any atom is 0.246 e. The normalized spacial score (nSPS) is 17.3. The van der Waals surface area contributed by atoms with Gasteiger partial charge < -0.3 is 14.5 Å². The molecule has 0 aliphatic carbocycles. The molecule has 2 aromatic carbocycles. The van der Waals surface area contributed by atoms with Crippen LogP contribution in [0.15, 0.2) is 48.5 Å². The van der Waals surface area contributed by atoms with E-state index in [2.05, 4.69) is 18.2 Å². The van der Waals surface area contributed by atoms with Gasteiger partial charge in [0, 0.05) is 26.6 Å². The van der Waals surface area contributed by atoms with Gasteiger partial charge in [0.25, 0.3) is 0 Å². The van der Waals surface area contributed by atoms with Crippen LogP contribution in [0.1, 0.15) is 22.3 Å². The van der Waals surface area contributed by atoms with Crippen LogP contribution in [0.25, 0.3) is 0 Å². The highest BCUT2D eigenvalue weighted by Gasteiger charge is 2.39. The average molecular weight is 380 g/mol. The Morgan fingerprint density at radius 1 is 1.07 bits per heavy atom. The van der Waals surface area contributed by atoms with Crippen LogP contribution in [0.3, 0.4) is 0 Å². The van der Waals surface area contributed by atoms with E-state index >= 15 is 0 Å². The molecule has 3 rings (SSSR count). The third-order valence-electron chi connectivity index (χ3n) is 5.30. The SMILES string of the molecule is COCCN1CC(=O)N(Cc2cc(C)ccc2C)[C@H](Cc2ccccc2)C1=O. The van der Waals surface area contributed by atoms with Gasteiger partial charge in [-0.1, -0.05) is 54.1 Å². The number of hydrogen-bond acceptors (Lipinski definition) is 3. The number of benzene rings is 2. The van der Waals surface area contributed by atoms with Gasteiger partial charge in [0.2, 0.25) is 11.8 Å². The molecule has 0 radical (unpaired) electrons. The van der Waals surface area contributed by atoms with Crippen LogP contribution in [-0.4, -0.2) is 54.5 Å². The first-order valence-corrected chi connectivity index (χ1v) is 9.67. The summed E-state index contributed by atoms with van der Waals surface area (Å²) < 4.78 is 5.11. The molecular formula is C23H28N2O3. The van der Waals surface area contributed by atoms with Gasteiger partial charge in [-0.05, 0) is 30.5 Å². The van der Waals surface area contributed by atoms with Crippen molar-refractivity contribution >= 4 is 11.8 Å². The maximum absolute atomic E-state index is 13.2. The van der Waals surface area contributed by atoms with E-state index in [0.29, 0.717) is 26.1 Å². The molecule has 1 atom stereocenters. The molecule has 28 heavy (non-hydrogen) atoms. The molecular weight excluding hydrogens is 352 g/mol. The summed E-state index contributed by atoms with van der Waals surface area (Å²) in [4.78, 5) is 29.6. The lowest BCUT2D eigenvalue weighted by molar-refractivity contribution is -0.157. The summed E-state index contributed by atoms with van der Waals surface area (Å²) in [6.45, 7) is 5.51. The zero-order valence-electron chi connectivity index (χ0n) is 16.9. The molecule has 1 aliphatic rings. The Hall–Kier alpha value is -2.66. The van der Waals surface area contributed by atoms with Crippen molar-refractivity contribution in [1.82, 2.24) is 9.80 Å². The second-order valence-electron chi connectivity index (χ2n) is 7.41. The second kappa shape index (κ2) is 9.02. The van der Waals surface area contributed by atoms with Crippen molar-refractivity contribution in [1.29, 1.82) is 0 Å². The number of rotatable bonds is 7. The van der Waals surface area contributed by atoms with Gasteiger partial charge in [0.15, 0.2) is 0 Å². The number of nitrogens with zero attached hydrogens (tertiary/aromatic N) is 2. The van der Waals surface area contributed by atoms with E-state index in [-0.39, 0.29) is 18.4 Å². The number of piperazine rings is 1. The van der Waals surface area contributed by atoms with Crippen LogP contribution >= 0.6 is 0 Å². The zero-order chi connectivity index (χ0) is 20.1. The molecule has 1 aliphatic heterocycles. The number of carbonyl (C=O) groups is 2. The van der Waals surface area contributed by atoms with Gasteiger partial charge >= 0.3 is 0 Å². The highest BCUT2D eigenvalue weighted by atomic mass is 16.5. The summed E-state index contributed by atoms with van der Waals surface area (Å²) in [6, 6.07) is 15.6. The van der Waals surface area contributed by atoms with E-state index in [4.69, 9.17) is 4.74 Å². The van der Waals surface area contributed by atoms with Crippen molar-refractivity contribution in [3.63, 3.8) is 0 Å². The number of ether oxygens (including phenoxy) is 1. The molecule has 148 valence electrons. The standard InChI is InChI=1S/C23H28N2O3/c1-17-9-10-18(2)20(13-17)15-25-21(14-19-7-5-4-6-8-19)23(27)24(11-12-28-3)16-22(25)26/h4-10,13,21H,11-12,14-16H2,1-3H3/t21-/m1/s1. The van der Waals surface area contributed by atoms with Gasteiger partial charge in [-0.3, -0.25) is 9.59 Å². The lowest BCUT2D eigenvalue weighted by Gasteiger charge is -2.40. The monoisotopic (exact) mass is 380 g/mol. The average Bonchev–Trinajstić information content (AvgIpc) is 2.69. The Labute approximate surface area is 166 Å². The number of carbonyl (C=O) groups excluding carboxylic acids is 2. The van der Waals surface area contributed by atoms with E-state index in [1.54, 1.807) is 16.9 Å². The summed E-state index contributed by atoms with van der Waals surface area (Å²) >= 11 is 0. The minimum Gasteiger partial charge on any atom is -0.383 e. The van der Waals surface area contributed by atoms with Crippen molar-refractivity contribution < 1.29 is 14.3 Å². The van der Waals surface area contributed by atoms with Crippen molar-refractivity contribution in [2.24, 2.45) is 0 Å². The molecule has 0 N–H and O–H groups in total. The summed E-state index contributed by atoms with van der Waals surface area (Å²) in [5, 5.41) is 0. The molecule has 0 aromatic heterocycles. The highest BCUT2D eigenvalue weighted by Crippen LogP contribution is 2.22. The van der Waals surface area contributed by atoms with E-state index in [1.165, 1.54) is 0 Å². The summed E-state index contributed by atoms with van der Waals surface area (Å²) in [5.41, 5.74) is 4.42. The predicted octanol–water partition coefficient (Wildman–Crippen LogP) is 2.73. The van der Waals surface area contributed by atoms with Gasteiger partial charge in [0.05, 0.1) is 13.2 Å². The number of aryl methyl sites for hydroxylation is 2. The first kappa shape index (κ1) is 20.1. The Morgan fingerprint density at radius 3 is 2.54 bits per heavy atom. The molecule has 0 unspecified atom stereocenters. The van der Waals surface area contributed by atoms with Crippen LogP contribution in [0.5, 0.6) is 0 Å². The van der Waals surface area contributed by atoms with Gasteiger partial charge in [0.1, 0.15) is 6.04 Å². The van der Waals surface area contributed by atoms with E-state index in [0.717, 1.165) is 22.3 Å². The number of hydrogen-bond donors (Lipinski definition) is 0. The largest absolute Gasteiger partial charge is 0.383 e. The first-order valence-electron chi connectivity index (χ1n) is 9.67. The Bertz CT molecular complexity index is 835. The molecule has 1 fully saturated rings. The second-order valence-corrected chi connectivity index (χ2v) is 7.41. The molecule has 0 saturated carbocycles. The molecule has 0 bridgehead atoms. The minimum atomic E-state index is -0.500. The van der Waals surface area contributed by atoms with Crippen LogP contribution in [-0.2, 0) is 27.3 Å². The van der Waals surface area contributed by atoms with E-state index in [1.807, 2.05) is 44.2 Å². The fourth-order valence-electron chi connectivity index (χ4n) is 3.63. The Morgan fingerprint density at radius 2 is 1.82 bits per heavy atom. The van der Waals surface area contributed by atoms with Gasteiger partial charge in [-0.2, -0.15) is 0 Å². The van der Waals surface area contributed by atoms with Crippen molar-refractivity contribution in [3.05, 3.63) is 70.8 Å². The van der Waals surface area contributed by atoms with Gasteiger partial charge in [-0.25, -0.2) is 0 Å². The molecule has 1 saturated heterocycles. The lowest BCUT2D eigenvalue weighted by atomic mass is 9.98. The van der Waals surface area contributed by atoms with Crippen molar-refractivity contribution in [2.75, 3.05) is 26.8 Å². The molecule has 0 spiro atoms. The van der Waals surface area contributed by atoms with E-state index in [9.17, 15) is 9.59 Å². The topological polar surface area (TPSA) is 49.9 Å². The highest BCUT2D eigenvalue weighted by molar-refractivity contribution is 5.95. The quantitative estimate of drug-likeness (QED) is 0.742. The molecule has 2 aromatic rings. The molecule has 5 heteroatoms. The molecule has 5 nitrogen and oxygen atoms in total. The fraction of sp³-hybridized carbons (Fsp3) is 0.391. The fourth-order valence-corrected chi connectivity index (χ4v) is 3.63. The van der Waals surface area contributed by atoms with Crippen LogP contribution in [0, 0.1) is 13.8 Å². The summed E-state index contributed by atoms with van der Waals surface area (Å²) in [7, 11) is 1.60. The smallest absolute Gasteiger partial charge is 0.246 e. The molecule has 2 amide bonds. The van der Waals surface area contributed by atoms with Crippen LogP contribution < -0.4 is 0 Å². The number of methoxy groups -OCH3 is 1. The Kier molecular flexibility index (Phi) is 6.47. The third-order valence-corrected chi connectivity index (χ3v) is 5.30. The van der Waals surface area contributed by atoms with Crippen molar-refractivity contribution in [3.8, 4) is 0 Å². The summed E-state index contributed by atoms with van der Waals surface area (Å²) in [5.74, 6) is -0.0247. The third kappa shape index (κ3) is 4.60. The summed E-state index contributed by atoms with van der Waals surface area (Å²) in [6.07, 6.45) is 0.514. The van der Waals surface area contributed by atoms with Crippen molar-refractivity contribution in [2.45, 2.75) is 32.9 Å². The van der Waals surface area contributed by atoms with Crippen LogP contribution in [0.2, 0.25) is 0 Å². The van der Waals surface area contributed by atoms with Crippen LogP contribution in [0.4, 0.5) is 0 Å². The minimum absolute atomic E-state index is 0.00851. The zero-order valence-corrected chi connectivity index (χ0v) is 16.9. The van der Waals surface area contributed by atoms with Gasteiger partial charge in [-0.15, -0.1) is 0 Å². The Balaban J connectivity index is 1.89. The lowest BCUT2D eigenvalue weighted by Crippen LogP contribution is -2.60.